The number of aromatic hydroxyl groups is 1. The third-order valence-corrected chi connectivity index (χ3v) is 4.87. The molecule has 1 aromatic carbocycles. The van der Waals surface area contributed by atoms with Gasteiger partial charge in [-0.15, -0.1) is 0 Å². The third-order valence-electron chi connectivity index (χ3n) is 4.87. The molecule has 19 heavy (non-hydrogen) atoms. The van der Waals surface area contributed by atoms with Crippen molar-refractivity contribution in [2.24, 2.45) is 5.41 Å². The van der Waals surface area contributed by atoms with Crippen LogP contribution in [0.2, 0.25) is 0 Å². The predicted molar refractivity (Wildman–Crippen MR) is 76.4 cm³/mol. The largest absolute Gasteiger partial charge is 0.508 e. The molecule has 2 N–H and O–H groups in total. The van der Waals surface area contributed by atoms with E-state index in [0.29, 0.717) is 23.3 Å². The standard InChI is InChI=1S/C16H23NO2/c1-2-19-15-11-14(16(15)8-3-4-9-16)17-12-6-5-7-13(18)10-12/h5-7,10,14-15,17-18H,2-4,8-9,11H2,1H3. The summed E-state index contributed by atoms with van der Waals surface area (Å²) in [4.78, 5) is 0. The predicted octanol–water partition coefficient (Wildman–Crippen LogP) is 3.54. The van der Waals surface area contributed by atoms with Crippen LogP contribution in [0.5, 0.6) is 5.75 Å². The lowest BCUT2D eigenvalue weighted by Gasteiger charge is -2.54. The van der Waals surface area contributed by atoms with Gasteiger partial charge in [-0.2, -0.15) is 0 Å². The number of rotatable bonds is 4. The van der Waals surface area contributed by atoms with E-state index in [9.17, 15) is 5.11 Å². The van der Waals surface area contributed by atoms with E-state index in [2.05, 4.69) is 12.2 Å². The number of anilines is 1. The molecule has 0 amide bonds. The van der Waals surface area contributed by atoms with Crippen molar-refractivity contribution in [3.05, 3.63) is 24.3 Å². The van der Waals surface area contributed by atoms with E-state index in [1.165, 1.54) is 25.7 Å². The van der Waals surface area contributed by atoms with Gasteiger partial charge in [0.25, 0.3) is 0 Å². The van der Waals surface area contributed by atoms with Crippen LogP contribution in [-0.2, 0) is 4.74 Å². The SMILES string of the molecule is CCOC1CC(Nc2cccc(O)c2)C12CCCC2. The summed E-state index contributed by atoms with van der Waals surface area (Å²) in [6.45, 7) is 2.89. The highest BCUT2D eigenvalue weighted by Crippen LogP contribution is 2.55. The number of ether oxygens (including phenoxy) is 1. The van der Waals surface area contributed by atoms with Gasteiger partial charge in [-0.1, -0.05) is 18.9 Å². The van der Waals surface area contributed by atoms with Crippen molar-refractivity contribution < 1.29 is 9.84 Å². The Balaban J connectivity index is 1.72. The maximum Gasteiger partial charge on any atom is 0.117 e. The molecule has 1 spiro atoms. The summed E-state index contributed by atoms with van der Waals surface area (Å²) in [7, 11) is 0. The Hall–Kier alpha value is -1.22. The van der Waals surface area contributed by atoms with Gasteiger partial charge in [0.05, 0.1) is 6.10 Å². The minimum Gasteiger partial charge on any atom is -0.508 e. The topological polar surface area (TPSA) is 41.5 Å². The monoisotopic (exact) mass is 261 g/mol. The highest BCUT2D eigenvalue weighted by molar-refractivity contribution is 5.49. The summed E-state index contributed by atoms with van der Waals surface area (Å²) in [5.41, 5.74) is 1.35. The highest BCUT2D eigenvalue weighted by Gasteiger charge is 2.56. The fourth-order valence-corrected chi connectivity index (χ4v) is 3.89. The lowest BCUT2D eigenvalue weighted by atomic mass is 9.60. The van der Waals surface area contributed by atoms with Gasteiger partial charge >= 0.3 is 0 Å². The van der Waals surface area contributed by atoms with Gasteiger partial charge in [-0.25, -0.2) is 0 Å². The van der Waals surface area contributed by atoms with Gasteiger partial charge in [-0.3, -0.25) is 0 Å². The highest BCUT2D eigenvalue weighted by atomic mass is 16.5. The van der Waals surface area contributed by atoms with Gasteiger partial charge in [0.1, 0.15) is 5.75 Å². The molecule has 2 saturated carbocycles. The Kier molecular flexibility index (Phi) is 3.40. The molecule has 0 saturated heterocycles. The molecule has 2 atom stereocenters. The molecule has 2 aliphatic rings. The zero-order valence-electron chi connectivity index (χ0n) is 11.6. The van der Waals surface area contributed by atoms with E-state index in [-0.39, 0.29) is 0 Å². The molecule has 104 valence electrons. The number of nitrogens with one attached hydrogen (secondary N) is 1. The molecule has 3 nitrogen and oxygen atoms in total. The Bertz CT molecular complexity index is 440. The van der Waals surface area contributed by atoms with Crippen LogP contribution in [0.4, 0.5) is 5.69 Å². The van der Waals surface area contributed by atoms with Crippen molar-refractivity contribution in [1.29, 1.82) is 0 Å². The molecular weight excluding hydrogens is 238 g/mol. The van der Waals surface area contributed by atoms with E-state index in [4.69, 9.17) is 4.74 Å². The minimum absolute atomic E-state index is 0.325. The van der Waals surface area contributed by atoms with Crippen LogP contribution in [0.15, 0.2) is 24.3 Å². The van der Waals surface area contributed by atoms with Crippen molar-refractivity contribution in [1.82, 2.24) is 0 Å². The van der Waals surface area contributed by atoms with Crippen molar-refractivity contribution in [3.8, 4) is 5.75 Å². The molecule has 3 heteroatoms. The summed E-state index contributed by atoms with van der Waals surface area (Å²) in [5, 5.41) is 13.1. The molecule has 0 bridgehead atoms. The van der Waals surface area contributed by atoms with Gasteiger partial charge in [0.2, 0.25) is 0 Å². The smallest absolute Gasteiger partial charge is 0.117 e. The maximum absolute atomic E-state index is 9.55. The fraction of sp³-hybridized carbons (Fsp3) is 0.625. The number of phenols is 1. The number of phenolic OH excluding ortho intramolecular Hbond substituents is 1. The molecule has 2 fully saturated rings. The van der Waals surface area contributed by atoms with E-state index >= 15 is 0 Å². The molecule has 0 heterocycles. The zero-order chi connectivity index (χ0) is 13.3. The van der Waals surface area contributed by atoms with Crippen molar-refractivity contribution >= 4 is 5.69 Å². The quantitative estimate of drug-likeness (QED) is 0.871. The first-order valence-corrected chi connectivity index (χ1v) is 7.42. The van der Waals surface area contributed by atoms with Crippen LogP contribution in [0.3, 0.4) is 0 Å². The van der Waals surface area contributed by atoms with Crippen LogP contribution < -0.4 is 5.32 Å². The lowest BCUT2D eigenvalue weighted by molar-refractivity contribution is -0.114. The number of hydrogen-bond donors (Lipinski definition) is 2. The fourth-order valence-electron chi connectivity index (χ4n) is 3.89. The molecule has 3 rings (SSSR count). The first kappa shape index (κ1) is 12.8. The molecule has 0 radical (unpaired) electrons. The first-order chi connectivity index (χ1) is 9.24. The summed E-state index contributed by atoms with van der Waals surface area (Å²) in [6.07, 6.45) is 6.70. The number of hydrogen-bond acceptors (Lipinski definition) is 3. The van der Waals surface area contributed by atoms with Crippen molar-refractivity contribution in [2.75, 3.05) is 11.9 Å². The van der Waals surface area contributed by atoms with E-state index in [0.717, 1.165) is 18.7 Å². The minimum atomic E-state index is 0.325. The second kappa shape index (κ2) is 5.04. The average molecular weight is 261 g/mol. The molecule has 2 unspecified atom stereocenters. The van der Waals surface area contributed by atoms with Crippen LogP contribution in [0, 0.1) is 5.41 Å². The summed E-state index contributed by atoms with van der Waals surface area (Å²) >= 11 is 0. The van der Waals surface area contributed by atoms with Crippen LogP contribution in [0.1, 0.15) is 39.0 Å². The maximum atomic E-state index is 9.55. The zero-order valence-corrected chi connectivity index (χ0v) is 11.6. The third kappa shape index (κ3) is 2.20. The molecular formula is C16H23NO2. The van der Waals surface area contributed by atoms with E-state index < -0.39 is 0 Å². The van der Waals surface area contributed by atoms with Crippen molar-refractivity contribution in [2.45, 2.75) is 51.2 Å². The van der Waals surface area contributed by atoms with Crippen LogP contribution >= 0.6 is 0 Å². The first-order valence-electron chi connectivity index (χ1n) is 7.42. The Morgan fingerprint density at radius 3 is 2.84 bits per heavy atom. The van der Waals surface area contributed by atoms with Gasteiger partial charge < -0.3 is 15.2 Å². The Labute approximate surface area is 115 Å². The Morgan fingerprint density at radius 2 is 2.16 bits per heavy atom. The normalized spacial score (nSPS) is 28.3. The van der Waals surface area contributed by atoms with E-state index in [1.807, 2.05) is 12.1 Å². The molecule has 0 aliphatic heterocycles. The summed E-state index contributed by atoms with van der Waals surface area (Å²) < 4.78 is 5.92. The van der Waals surface area contributed by atoms with Gasteiger partial charge in [0.15, 0.2) is 0 Å². The number of benzene rings is 1. The van der Waals surface area contributed by atoms with Crippen molar-refractivity contribution in [3.63, 3.8) is 0 Å². The van der Waals surface area contributed by atoms with Gasteiger partial charge in [-0.05, 0) is 38.3 Å². The van der Waals surface area contributed by atoms with Gasteiger partial charge in [0, 0.05) is 29.8 Å². The summed E-state index contributed by atoms with van der Waals surface area (Å²) in [6, 6.07) is 7.92. The molecule has 1 aromatic rings. The summed E-state index contributed by atoms with van der Waals surface area (Å²) in [5.74, 6) is 0.325. The van der Waals surface area contributed by atoms with Crippen LogP contribution in [0.25, 0.3) is 0 Å². The van der Waals surface area contributed by atoms with E-state index in [1.54, 1.807) is 12.1 Å². The van der Waals surface area contributed by atoms with Crippen LogP contribution in [-0.4, -0.2) is 23.9 Å². The second-order valence-electron chi connectivity index (χ2n) is 5.87. The molecule has 2 aliphatic carbocycles. The lowest BCUT2D eigenvalue weighted by Crippen LogP contribution is -2.60. The Morgan fingerprint density at radius 1 is 1.37 bits per heavy atom. The molecule has 0 aromatic heterocycles. The second-order valence-corrected chi connectivity index (χ2v) is 5.87. The average Bonchev–Trinajstić information content (AvgIpc) is 2.90.